The number of rotatable bonds is 3. The van der Waals surface area contributed by atoms with Crippen molar-refractivity contribution >= 4 is 11.9 Å². The molecule has 0 amide bonds. The summed E-state index contributed by atoms with van der Waals surface area (Å²) in [7, 11) is 0. The third-order valence-corrected chi connectivity index (χ3v) is 0.904. The third-order valence-electron chi connectivity index (χ3n) is 0.904. The minimum Gasteiger partial charge on any atom is -0.478 e. The Bertz CT molecular complexity index is 193. The third kappa shape index (κ3) is 11.2. The van der Waals surface area contributed by atoms with E-state index in [0.717, 1.165) is 6.08 Å². The second-order valence-electron chi connectivity index (χ2n) is 1.80. The SMILES string of the molecule is C=C(CC)C(=O)O.C=CC(=O)O. The van der Waals surface area contributed by atoms with E-state index >= 15 is 0 Å². The monoisotopic (exact) mass is 172 g/mol. The zero-order valence-electron chi connectivity index (χ0n) is 6.91. The molecule has 2 N–H and O–H groups in total. The van der Waals surface area contributed by atoms with Gasteiger partial charge in [-0.2, -0.15) is 0 Å². The maximum absolute atomic E-state index is 9.83. The Morgan fingerprint density at radius 3 is 1.75 bits per heavy atom. The summed E-state index contributed by atoms with van der Waals surface area (Å²) in [5, 5.41) is 15.7. The van der Waals surface area contributed by atoms with Crippen LogP contribution >= 0.6 is 0 Å². The van der Waals surface area contributed by atoms with Gasteiger partial charge in [0.05, 0.1) is 0 Å². The van der Waals surface area contributed by atoms with Crippen molar-refractivity contribution in [2.24, 2.45) is 0 Å². The van der Waals surface area contributed by atoms with Crippen LogP contribution in [-0.4, -0.2) is 22.2 Å². The maximum atomic E-state index is 9.83. The molecular formula is C8H12O4. The van der Waals surface area contributed by atoms with Crippen molar-refractivity contribution in [3.63, 3.8) is 0 Å². The van der Waals surface area contributed by atoms with Crippen molar-refractivity contribution in [3.05, 3.63) is 24.8 Å². The lowest BCUT2D eigenvalue weighted by atomic mass is 10.2. The van der Waals surface area contributed by atoms with Gasteiger partial charge in [0, 0.05) is 11.6 Å². The first-order chi connectivity index (χ1) is 5.45. The highest BCUT2D eigenvalue weighted by atomic mass is 16.4. The van der Waals surface area contributed by atoms with Gasteiger partial charge in [0.2, 0.25) is 0 Å². The molecule has 0 bridgehead atoms. The van der Waals surface area contributed by atoms with Crippen molar-refractivity contribution in [1.82, 2.24) is 0 Å². The van der Waals surface area contributed by atoms with Gasteiger partial charge in [-0.1, -0.05) is 20.1 Å². The van der Waals surface area contributed by atoms with Crippen LogP contribution in [0.15, 0.2) is 24.8 Å². The largest absolute Gasteiger partial charge is 0.478 e. The number of carbonyl (C=O) groups is 2. The van der Waals surface area contributed by atoms with Crippen molar-refractivity contribution in [2.75, 3.05) is 0 Å². The highest BCUT2D eigenvalue weighted by Gasteiger charge is 1.96. The van der Waals surface area contributed by atoms with Gasteiger partial charge in [-0.3, -0.25) is 0 Å². The second kappa shape index (κ2) is 7.53. The van der Waals surface area contributed by atoms with E-state index in [4.69, 9.17) is 10.2 Å². The van der Waals surface area contributed by atoms with E-state index in [1.54, 1.807) is 6.92 Å². The Kier molecular flexibility index (Phi) is 8.18. The Morgan fingerprint density at radius 2 is 1.75 bits per heavy atom. The fraction of sp³-hybridized carbons (Fsp3) is 0.250. The average molecular weight is 172 g/mol. The van der Waals surface area contributed by atoms with Gasteiger partial charge in [-0.05, 0) is 6.42 Å². The molecule has 0 aliphatic carbocycles. The predicted octanol–water partition coefficient (Wildman–Crippen LogP) is 1.29. The smallest absolute Gasteiger partial charge is 0.330 e. The molecule has 0 fully saturated rings. The molecule has 0 heterocycles. The molecule has 4 heteroatoms. The molecule has 0 aromatic rings. The number of hydrogen-bond acceptors (Lipinski definition) is 2. The van der Waals surface area contributed by atoms with Crippen molar-refractivity contribution in [2.45, 2.75) is 13.3 Å². The molecule has 68 valence electrons. The van der Waals surface area contributed by atoms with E-state index in [0.29, 0.717) is 6.42 Å². The average Bonchev–Trinajstić information content (AvgIpc) is 2.04. The molecule has 0 rings (SSSR count). The minimum atomic E-state index is -0.981. The summed E-state index contributed by atoms with van der Waals surface area (Å²) in [4.78, 5) is 19.1. The van der Waals surface area contributed by atoms with Crippen LogP contribution in [0.2, 0.25) is 0 Å². The standard InChI is InChI=1S/C5H8O2.C3H4O2/c1-3-4(2)5(6)7;1-2-3(4)5/h2-3H2,1H3,(H,6,7);2H,1H2,(H,4,5). The molecule has 0 aliphatic rings. The van der Waals surface area contributed by atoms with Crippen molar-refractivity contribution in [3.8, 4) is 0 Å². The van der Waals surface area contributed by atoms with Gasteiger partial charge in [-0.25, -0.2) is 9.59 Å². The zero-order valence-corrected chi connectivity index (χ0v) is 6.91. The minimum absolute atomic E-state index is 0.264. The van der Waals surface area contributed by atoms with E-state index < -0.39 is 11.9 Å². The fourth-order valence-corrected chi connectivity index (χ4v) is 0.151. The van der Waals surface area contributed by atoms with Gasteiger partial charge in [0.25, 0.3) is 0 Å². The predicted molar refractivity (Wildman–Crippen MR) is 44.9 cm³/mol. The van der Waals surface area contributed by atoms with Crippen LogP contribution < -0.4 is 0 Å². The molecule has 0 atom stereocenters. The first kappa shape index (κ1) is 13.0. The van der Waals surface area contributed by atoms with Gasteiger partial charge in [-0.15, -0.1) is 0 Å². The van der Waals surface area contributed by atoms with Gasteiger partial charge in [0.1, 0.15) is 0 Å². The highest BCUT2D eigenvalue weighted by Crippen LogP contribution is 1.93. The van der Waals surface area contributed by atoms with Crippen LogP contribution in [0.3, 0.4) is 0 Å². The van der Waals surface area contributed by atoms with E-state index in [1.165, 1.54) is 0 Å². The summed E-state index contributed by atoms with van der Waals surface area (Å²) >= 11 is 0. The topological polar surface area (TPSA) is 74.6 Å². The lowest BCUT2D eigenvalue weighted by Gasteiger charge is -1.87. The normalized spacial score (nSPS) is 7.42. The number of carboxylic acids is 2. The Morgan fingerprint density at radius 1 is 1.42 bits per heavy atom. The van der Waals surface area contributed by atoms with E-state index in [1.807, 2.05) is 0 Å². The lowest BCUT2D eigenvalue weighted by molar-refractivity contribution is -0.133. The Balaban J connectivity index is 0. The van der Waals surface area contributed by atoms with Gasteiger partial charge in [0.15, 0.2) is 0 Å². The van der Waals surface area contributed by atoms with Crippen LogP contribution in [0.1, 0.15) is 13.3 Å². The summed E-state index contributed by atoms with van der Waals surface area (Å²) < 4.78 is 0. The van der Waals surface area contributed by atoms with Crippen molar-refractivity contribution in [1.29, 1.82) is 0 Å². The van der Waals surface area contributed by atoms with Crippen LogP contribution in [0.5, 0.6) is 0 Å². The molecule has 0 unspecified atom stereocenters. The van der Waals surface area contributed by atoms with Crippen LogP contribution in [0.25, 0.3) is 0 Å². The van der Waals surface area contributed by atoms with E-state index in [-0.39, 0.29) is 5.57 Å². The van der Waals surface area contributed by atoms with Crippen LogP contribution in [0, 0.1) is 0 Å². The highest BCUT2D eigenvalue weighted by molar-refractivity contribution is 5.85. The first-order valence-corrected chi connectivity index (χ1v) is 3.22. The van der Waals surface area contributed by atoms with Gasteiger partial charge >= 0.3 is 11.9 Å². The van der Waals surface area contributed by atoms with Crippen LogP contribution in [-0.2, 0) is 9.59 Å². The fourth-order valence-electron chi connectivity index (χ4n) is 0.151. The molecule has 0 radical (unpaired) electrons. The number of hydrogen-bond donors (Lipinski definition) is 2. The molecule has 0 aromatic heterocycles. The molecule has 12 heavy (non-hydrogen) atoms. The maximum Gasteiger partial charge on any atom is 0.330 e. The number of aliphatic carboxylic acids is 2. The molecule has 0 aliphatic heterocycles. The molecule has 0 saturated heterocycles. The quantitative estimate of drug-likeness (QED) is 0.629. The zero-order chi connectivity index (χ0) is 10.1. The second-order valence-corrected chi connectivity index (χ2v) is 1.80. The van der Waals surface area contributed by atoms with Crippen molar-refractivity contribution < 1.29 is 19.8 Å². The molecule has 0 aromatic carbocycles. The summed E-state index contributed by atoms with van der Waals surface area (Å²) in [6.45, 7) is 7.99. The Labute approximate surface area is 70.8 Å². The van der Waals surface area contributed by atoms with E-state index in [2.05, 4.69) is 13.2 Å². The van der Waals surface area contributed by atoms with Gasteiger partial charge < -0.3 is 10.2 Å². The summed E-state index contributed by atoms with van der Waals surface area (Å²) in [5.74, 6) is -1.88. The molecule has 4 nitrogen and oxygen atoms in total. The molecular weight excluding hydrogens is 160 g/mol. The summed E-state index contributed by atoms with van der Waals surface area (Å²) in [5.41, 5.74) is 0.264. The number of carboxylic acid groups (broad SMARTS) is 2. The summed E-state index contributed by atoms with van der Waals surface area (Å²) in [6.07, 6.45) is 1.36. The first-order valence-electron chi connectivity index (χ1n) is 3.22. The lowest BCUT2D eigenvalue weighted by Crippen LogP contribution is -1.95. The molecule has 0 saturated carbocycles. The van der Waals surface area contributed by atoms with Crippen LogP contribution in [0.4, 0.5) is 0 Å². The molecule has 0 spiro atoms. The Hall–Kier alpha value is -1.58. The summed E-state index contributed by atoms with van der Waals surface area (Å²) in [6, 6.07) is 0. The van der Waals surface area contributed by atoms with E-state index in [9.17, 15) is 9.59 Å².